The van der Waals surface area contributed by atoms with E-state index in [9.17, 15) is 13.2 Å². The number of amides is 1. The average molecular weight is 346 g/mol. The zero-order valence-electron chi connectivity index (χ0n) is 13.6. The Morgan fingerprint density at radius 3 is 2.61 bits per heavy atom. The summed E-state index contributed by atoms with van der Waals surface area (Å²) in [6.45, 7) is 2.74. The molecule has 0 saturated carbocycles. The van der Waals surface area contributed by atoms with Crippen LogP contribution in [0.2, 0.25) is 0 Å². The number of nitrogens with zero attached hydrogens (tertiary/aromatic N) is 2. The quantitative estimate of drug-likeness (QED) is 0.711. The summed E-state index contributed by atoms with van der Waals surface area (Å²) in [5.41, 5.74) is 0. The Morgan fingerprint density at radius 2 is 1.91 bits per heavy atom. The second-order valence-corrected chi connectivity index (χ2v) is 8.64. The molecule has 3 atom stereocenters. The Bertz CT molecular complexity index is 532. The maximum absolute atomic E-state index is 11.9. The number of fused-ring (bicyclic) bond motifs is 1. The normalized spacial score (nSPS) is 32.2. The van der Waals surface area contributed by atoms with Crippen molar-refractivity contribution in [1.82, 2.24) is 9.21 Å². The second kappa shape index (κ2) is 7.04. The molecule has 1 amide bonds. The van der Waals surface area contributed by atoms with E-state index in [0.29, 0.717) is 13.2 Å². The van der Waals surface area contributed by atoms with Gasteiger partial charge in [0.2, 0.25) is 15.9 Å². The number of rotatable bonds is 5. The summed E-state index contributed by atoms with van der Waals surface area (Å²) in [6, 6.07) is -0.0347. The molecule has 0 aromatic heterocycles. The first kappa shape index (κ1) is 17.1. The van der Waals surface area contributed by atoms with Crippen LogP contribution in [0.1, 0.15) is 32.1 Å². The number of hydrogen-bond donors (Lipinski definition) is 0. The maximum Gasteiger partial charge on any atom is 0.248 e. The van der Waals surface area contributed by atoms with Crippen LogP contribution in [-0.4, -0.2) is 80.9 Å². The van der Waals surface area contributed by atoms with Gasteiger partial charge >= 0.3 is 0 Å². The van der Waals surface area contributed by atoms with E-state index in [1.807, 2.05) is 4.90 Å². The minimum absolute atomic E-state index is 0.0347. The van der Waals surface area contributed by atoms with Crippen LogP contribution in [-0.2, 0) is 24.3 Å². The van der Waals surface area contributed by atoms with E-state index in [0.717, 1.165) is 45.2 Å². The number of likely N-dealkylation sites (tertiary alicyclic amines) is 1. The second-order valence-electron chi connectivity index (χ2n) is 6.71. The number of carbonyl (C=O) groups excluding carboxylic acids is 1. The third-order valence-electron chi connectivity index (χ3n) is 5.00. The van der Waals surface area contributed by atoms with Crippen molar-refractivity contribution in [2.24, 2.45) is 0 Å². The van der Waals surface area contributed by atoms with E-state index >= 15 is 0 Å². The fourth-order valence-electron chi connectivity index (χ4n) is 3.83. The van der Waals surface area contributed by atoms with Crippen molar-refractivity contribution >= 4 is 15.9 Å². The molecule has 2 unspecified atom stereocenters. The summed E-state index contributed by atoms with van der Waals surface area (Å²) >= 11 is 0. The lowest BCUT2D eigenvalue weighted by molar-refractivity contribution is -0.139. The summed E-state index contributed by atoms with van der Waals surface area (Å²) in [7, 11) is -3.16. The topological polar surface area (TPSA) is 76.1 Å². The van der Waals surface area contributed by atoms with Crippen LogP contribution < -0.4 is 0 Å². The lowest BCUT2D eigenvalue weighted by Crippen LogP contribution is -2.45. The van der Waals surface area contributed by atoms with Gasteiger partial charge in [0.25, 0.3) is 0 Å². The fourth-order valence-corrected chi connectivity index (χ4v) is 5.00. The molecule has 0 bridgehead atoms. The van der Waals surface area contributed by atoms with Gasteiger partial charge in [0, 0.05) is 19.6 Å². The van der Waals surface area contributed by atoms with Gasteiger partial charge in [0.15, 0.2) is 0 Å². The third kappa shape index (κ3) is 4.04. The molecule has 3 saturated heterocycles. The standard InChI is InChI=1S/C15H26N2O5S/c1-23(19,20)17-9-6-14-13(17)5-4-12(22-14)10-21-11-15(18)16-7-2-3-8-16/h12-14H,2-11H2,1H3/t12-,13?,14?/m0/s1. The summed E-state index contributed by atoms with van der Waals surface area (Å²) in [5.74, 6) is 0.0558. The maximum atomic E-state index is 11.9. The molecule has 0 aliphatic carbocycles. The summed E-state index contributed by atoms with van der Waals surface area (Å²) in [5, 5.41) is 0. The van der Waals surface area contributed by atoms with E-state index in [-0.39, 0.29) is 30.8 Å². The molecule has 3 aliphatic heterocycles. The van der Waals surface area contributed by atoms with E-state index < -0.39 is 10.0 Å². The molecule has 8 heteroatoms. The molecular weight excluding hydrogens is 320 g/mol. The Morgan fingerprint density at radius 1 is 1.17 bits per heavy atom. The Balaban J connectivity index is 1.41. The van der Waals surface area contributed by atoms with Gasteiger partial charge < -0.3 is 14.4 Å². The number of sulfonamides is 1. The lowest BCUT2D eigenvalue weighted by Gasteiger charge is -2.35. The fraction of sp³-hybridized carbons (Fsp3) is 0.933. The summed E-state index contributed by atoms with van der Waals surface area (Å²) in [6.07, 6.45) is 5.64. The molecule has 0 aromatic carbocycles. The monoisotopic (exact) mass is 346 g/mol. The van der Waals surface area contributed by atoms with Crippen LogP contribution in [0.25, 0.3) is 0 Å². The molecule has 3 aliphatic rings. The van der Waals surface area contributed by atoms with Gasteiger partial charge in [0.1, 0.15) is 6.61 Å². The highest BCUT2D eigenvalue weighted by Gasteiger charge is 2.43. The minimum Gasteiger partial charge on any atom is -0.371 e. The number of carbonyl (C=O) groups is 1. The molecule has 23 heavy (non-hydrogen) atoms. The molecule has 0 radical (unpaired) electrons. The molecule has 0 N–H and O–H groups in total. The Hall–Kier alpha value is -0.700. The third-order valence-corrected chi connectivity index (χ3v) is 6.30. The number of hydrogen-bond acceptors (Lipinski definition) is 5. The molecule has 3 rings (SSSR count). The van der Waals surface area contributed by atoms with Crippen LogP contribution in [0.5, 0.6) is 0 Å². The lowest BCUT2D eigenvalue weighted by atomic mass is 10.0. The van der Waals surface area contributed by atoms with E-state index in [4.69, 9.17) is 9.47 Å². The molecular formula is C15H26N2O5S. The van der Waals surface area contributed by atoms with Gasteiger partial charge in [-0.15, -0.1) is 0 Å². The van der Waals surface area contributed by atoms with Gasteiger partial charge in [-0.3, -0.25) is 4.79 Å². The highest BCUT2D eigenvalue weighted by molar-refractivity contribution is 7.88. The van der Waals surface area contributed by atoms with Gasteiger partial charge in [-0.2, -0.15) is 4.31 Å². The first-order valence-corrected chi connectivity index (χ1v) is 10.3. The molecule has 0 aromatic rings. The van der Waals surface area contributed by atoms with Crippen LogP contribution in [0.15, 0.2) is 0 Å². The largest absolute Gasteiger partial charge is 0.371 e. The van der Waals surface area contributed by atoms with Crippen LogP contribution in [0, 0.1) is 0 Å². The van der Waals surface area contributed by atoms with Crippen molar-refractivity contribution < 1.29 is 22.7 Å². The highest BCUT2D eigenvalue weighted by Crippen LogP contribution is 2.32. The van der Waals surface area contributed by atoms with Gasteiger partial charge in [-0.05, 0) is 32.1 Å². The number of ether oxygens (including phenoxy) is 2. The summed E-state index contributed by atoms with van der Waals surface area (Å²) < 4.78 is 36.6. The molecule has 3 heterocycles. The smallest absolute Gasteiger partial charge is 0.248 e. The first-order chi connectivity index (χ1) is 10.9. The minimum atomic E-state index is -3.16. The van der Waals surface area contributed by atoms with E-state index in [2.05, 4.69) is 0 Å². The zero-order chi connectivity index (χ0) is 16.4. The van der Waals surface area contributed by atoms with Crippen molar-refractivity contribution in [3.8, 4) is 0 Å². The van der Waals surface area contributed by atoms with Crippen molar-refractivity contribution in [2.45, 2.75) is 50.4 Å². The van der Waals surface area contributed by atoms with Crippen molar-refractivity contribution in [3.05, 3.63) is 0 Å². The van der Waals surface area contributed by atoms with Gasteiger partial charge in [-0.25, -0.2) is 8.42 Å². The van der Waals surface area contributed by atoms with E-state index in [1.165, 1.54) is 6.26 Å². The highest BCUT2D eigenvalue weighted by atomic mass is 32.2. The molecule has 0 spiro atoms. The first-order valence-electron chi connectivity index (χ1n) is 8.43. The Labute approximate surface area is 138 Å². The predicted octanol–water partition coefficient (Wildman–Crippen LogP) is 0.207. The van der Waals surface area contributed by atoms with Gasteiger partial charge in [-0.1, -0.05) is 0 Å². The summed E-state index contributed by atoms with van der Waals surface area (Å²) in [4.78, 5) is 13.8. The van der Waals surface area contributed by atoms with Crippen LogP contribution in [0.3, 0.4) is 0 Å². The van der Waals surface area contributed by atoms with Crippen LogP contribution >= 0.6 is 0 Å². The molecule has 132 valence electrons. The average Bonchev–Trinajstić information content (AvgIpc) is 3.15. The Kier molecular flexibility index (Phi) is 5.25. The van der Waals surface area contributed by atoms with Crippen molar-refractivity contribution in [3.63, 3.8) is 0 Å². The van der Waals surface area contributed by atoms with Crippen LogP contribution in [0.4, 0.5) is 0 Å². The van der Waals surface area contributed by atoms with E-state index in [1.54, 1.807) is 4.31 Å². The molecule has 3 fully saturated rings. The predicted molar refractivity (Wildman–Crippen MR) is 84.5 cm³/mol. The SMILES string of the molecule is CS(=O)(=O)N1CCC2O[C@H](COCC(=O)N3CCCC3)CCC21. The van der Waals surface area contributed by atoms with Crippen molar-refractivity contribution in [2.75, 3.05) is 39.1 Å². The zero-order valence-corrected chi connectivity index (χ0v) is 14.5. The van der Waals surface area contributed by atoms with Crippen molar-refractivity contribution in [1.29, 1.82) is 0 Å². The van der Waals surface area contributed by atoms with Gasteiger partial charge in [0.05, 0.1) is 31.1 Å². The molecule has 7 nitrogen and oxygen atoms in total.